The van der Waals surface area contributed by atoms with Crippen molar-refractivity contribution in [1.82, 2.24) is 20.1 Å². The molecule has 4 aromatic rings. The second-order valence-corrected chi connectivity index (χ2v) is 14.2. The Morgan fingerprint density at radius 2 is 1.96 bits per heavy atom. The van der Waals surface area contributed by atoms with Crippen LogP contribution in [0.1, 0.15) is 47.8 Å². The Morgan fingerprint density at radius 1 is 1.13 bits per heavy atom. The lowest BCUT2D eigenvalue weighted by atomic mass is 9.89. The number of aromatic hydroxyl groups is 1. The second-order valence-electron chi connectivity index (χ2n) is 12.2. The Balaban J connectivity index is 0.879. The molecule has 2 fully saturated rings. The summed E-state index contributed by atoms with van der Waals surface area (Å²) in [5.41, 5.74) is 1.81. The predicted octanol–water partition coefficient (Wildman–Crippen LogP) is 4.28. The molecule has 0 unspecified atom stereocenters. The first kappa shape index (κ1) is 32.7. The number of H-pyrrole nitrogens is 1. The van der Waals surface area contributed by atoms with Crippen molar-refractivity contribution >= 4 is 38.8 Å². The molecule has 1 spiro atoms. The number of likely N-dealkylation sites (tertiary alicyclic amines) is 1. The highest BCUT2D eigenvalue weighted by Gasteiger charge is 2.40. The second kappa shape index (κ2) is 15.1. The van der Waals surface area contributed by atoms with Gasteiger partial charge in [0, 0.05) is 62.7 Å². The third-order valence-corrected chi connectivity index (χ3v) is 10.8. The molecule has 10 nitrogen and oxygen atoms in total. The van der Waals surface area contributed by atoms with Crippen LogP contribution in [0.25, 0.3) is 10.2 Å². The van der Waals surface area contributed by atoms with E-state index in [2.05, 4.69) is 32.7 Å². The van der Waals surface area contributed by atoms with Gasteiger partial charge in [-0.05, 0) is 60.9 Å². The van der Waals surface area contributed by atoms with E-state index in [1.165, 1.54) is 10.9 Å². The van der Waals surface area contributed by atoms with Crippen molar-refractivity contribution in [2.24, 2.45) is 0 Å². The number of fused-ring (bicyclic) bond motifs is 1. The standard InChI is InChI=1S/C34H42N4O6S2/c39-28-11-10-27(32-31(28)36-33(42)46-32)29(40)22-35-21-24-6-8-25(9-7-24)43-18-16-37-14-12-34(13-15-37)23-38(17-19-44-34)30(41)5-1-3-26-4-2-20-45-26/h2,4,6-11,20,29,35,39-40H,1,3,5,12-19,21-23H2,(H,36,42)/t29-/m0/s1. The number of hydrogen-bond donors (Lipinski definition) is 4. The minimum atomic E-state index is -0.820. The Labute approximate surface area is 276 Å². The number of nitrogens with zero attached hydrogens (tertiary/aromatic N) is 2. The maximum atomic E-state index is 12.9. The van der Waals surface area contributed by atoms with E-state index in [4.69, 9.17) is 9.47 Å². The molecule has 0 aliphatic carbocycles. The number of aromatic nitrogens is 1. The first-order chi connectivity index (χ1) is 22.4. The van der Waals surface area contributed by atoms with Crippen molar-refractivity contribution in [3.05, 3.63) is 79.6 Å². The van der Waals surface area contributed by atoms with Crippen LogP contribution in [0.2, 0.25) is 0 Å². The summed E-state index contributed by atoms with van der Waals surface area (Å²) in [5, 5.41) is 26.0. The molecule has 0 bridgehead atoms. The summed E-state index contributed by atoms with van der Waals surface area (Å²) in [6, 6.07) is 15.3. The van der Waals surface area contributed by atoms with Crippen molar-refractivity contribution in [2.45, 2.75) is 50.4 Å². The third kappa shape index (κ3) is 8.17. The summed E-state index contributed by atoms with van der Waals surface area (Å²) in [5.74, 6) is 1.06. The maximum Gasteiger partial charge on any atom is 0.305 e. The fourth-order valence-corrected chi connectivity index (χ4v) is 8.00. The molecule has 2 aliphatic rings. The van der Waals surface area contributed by atoms with Crippen LogP contribution in [-0.2, 0) is 22.5 Å². The van der Waals surface area contributed by atoms with Gasteiger partial charge in [0.1, 0.15) is 23.6 Å². The number of thiazole rings is 1. The highest BCUT2D eigenvalue weighted by atomic mass is 32.1. The number of rotatable bonds is 13. The Hall–Kier alpha value is -3.26. The summed E-state index contributed by atoms with van der Waals surface area (Å²) in [4.78, 5) is 32.8. The monoisotopic (exact) mass is 666 g/mol. The zero-order chi connectivity index (χ0) is 31.9. The molecule has 1 amide bonds. The highest BCUT2D eigenvalue weighted by molar-refractivity contribution is 7.16. The minimum absolute atomic E-state index is 0.00454. The van der Waals surface area contributed by atoms with Gasteiger partial charge in [0.25, 0.3) is 0 Å². The van der Waals surface area contributed by atoms with E-state index in [0.29, 0.717) is 61.6 Å². The Bertz CT molecular complexity index is 1630. The van der Waals surface area contributed by atoms with Gasteiger partial charge in [0.05, 0.1) is 23.0 Å². The number of benzene rings is 2. The molecular formula is C34H42N4O6S2. The van der Waals surface area contributed by atoms with Crippen molar-refractivity contribution in [2.75, 3.05) is 52.5 Å². The number of hydrogen-bond acceptors (Lipinski definition) is 10. The number of aryl methyl sites for hydroxylation is 1. The first-order valence-corrected chi connectivity index (χ1v) is 17.7. The molecule has 4 heterocycles. The smallest absolute Gasteiger partial charge is 0.305 e. The van der Waals surface area contributed by atoms with Gasteiger partial charge in [-0.3, -0.25) is 14.5 Å². The number of piperidine rings is 1. The number of aliphatic hydroxyl groups excluding tert-OH is 1. The lowest BCUT2D eigenvalue weighted by Gasteiger charge is -2.47. The Kier molecular flexibility index (Phi) is 10.7. The van der Waals surface area contributed by atoms with Crippen LogP contribution in [-0.4, -0.2) is 89.0 Å². The molecule has 0 saturated carbocycles. The number of morpholine rings is 1. The summed E-state index contributed by atoms with van der Waals surface area (Å²) in [7, 11) is 0. The lowest BCUT2D eigenvalue weighted by molar-refractivity contribution is -0.159. The largest absolute Gasteiger partial charge is 0.506 e. The van der Waals surface area contributed by atoms with E-state index in [0.717, 1.165) is 68.0 Å². The number of thiophene rings is 1. The number of phenolic OH excluding ortho intramolecular Hbond substituents is 1. The summed E-state index contributed by atoms with van der Waals surface area (Å²) in [6.45, 7) is 6.17. The van der Waals surface area contributed by atoms with Gasteiger partial charge in [-0.2, -0.15) is 0 Å². The van der Waals surface area contributed by atoms with Crippen molar-refractivity contribution in [3.63, 3.8) is 0 Å². The molecule has 2 saturated heterocycles. The normalized spacial score (nSPS) is 17.5. The third-order valence-electron chi connectivity index (χ3n) is 8.98. The summed E-state index contributed by atoms with van der Waals surface area (Å²) in [6.07, 6.45) is 3.49. The van der Waals surface area contributed by atoms with E-state index in [1.54, 1.807) is 17.4 Å². The number of carbonyl (C=O) groups is 1. The quantitative estimate of drug-likeness (QED) is 0.167. The minimum Gasteiger partial charge on any atom is -0.506 e. The molecule has 246 valence electrons. The van der Waals surface area contributed by atoms with Gasteiger partial charge in [-0.25, -0.2) is 0 Å². The van der Waals surface area contributed by atoms with E-state index in [9.17, 15) is 19.8 Å². The summed E-state index contributed by atoms with van der Waals surface area (Å²) < 4.78 is 12.9. The topological polar surface area (TPSA) is 127 Å². The van der Waals surface area contributed by atoms with Gasteiger partial charge in [0.15, 0.2) is 0 Å². The predicted molar refractivity (Wildman–Crippen MR) is 181 cm³/mol. The van der Waals surface area contributed by atoms with Gasteiger partial charge in [-0.15, -0.1) is 11.3 Å². The number of aromatic amines is 1. The van der Waals surface area contributed by atoms with Crippen LogP contribution >= 0.6 is 22.7 Å². The number of amides is 1. The molecule has 2 aliphatic heterocycles. The zero-order valence-corrected chi connectivity index (χ0v) is 27.5. The molecule has 2 aromatic heterocycles. The van der Waals surface area contributed by atoms with Crippen molar-refractivity contribution in [3.8, 4) is 11.5 Å². The van der Waals surface area contributed by atoms with Gasteiger partial charge >= 0.3 is 4.87 Å². The van der Waals surface area contributed by atoms with Crippen LogP contribution in [0, 0.1) is 0 Å². The zero-order valence-electron chi connectivity index (χ0n) is 25.9. The SMILES string of the molecule is O=C(CCCc1cccs1)N1CCOC2(CCN(CCOc3ccc(CNC[C@H](O)c4ccc(O)c5[nH]c(=O)sc45)cc3)CC2)C1. The van der Waals surface area contributed by atoms with Crippen LogP contribution in [0.4, 0.5) is 0 Å². The van der Waals surface area contributed by atoms with Crippen LogP contribution < -0.4 is 14.9 Å². The van der Waals surface area contributed by atoms with Gasteiger partial charge < -0.3 is 34.9 Å². The molecule has 0 radical (unpaired) electrons. The molecule has 2 aromatic carbocycles. The van der Waals surface area contributed by atoms with Crippen LogP contribution in [0.3, 0.4) is 0 Å². The van der Waals surface area contributed by atoms with Crippen molar-refractivity contribution in [1.29, 1.82) is 0 Å². The number of aliphatic hydroxyl groups is 1. The molecule has 1 atom stereocenters. The van der Waals surface area contributed by atoms with Crippen LogP contribution in [0.15, 0.2) is 58.7 Å². The fourth-order valence-electron chi connectivity index (χ4n) is 6.33. The van der Waals surface area contributed by atoms with E-state index >= 15 is 0 Å². The molecule has 46 heavy (non-hydrogen) atoms. The lowest BCUT2D eigenvalue weighted by Crippen LogP contribution is -2.58. The van der Waals surface area contributed by atoms with Crippen LogP contribution in [0.5, 0.6) is 11.5 Å². The van der Waals surface area contributed by atoms with Crippen molar-refractivity contribution < 1.29 is 24.5 Å². The summed E-state index contributed by atoms with van der Waals surface area (Å²) >= 11 is 2.74. The van der Waals surface area contributed by atoms with Gasteiger partial charge in [-0.1, -0.05) is 35.6 Å². The highest BCUT2D eigenvalue weighted by Crippen LogP contribution is 2.32. The number of phenols is 1. The molecular weight excluding hydrogens is 625 g/mol. The average Bonchev–Trinajstić information content (AvgIpc) is 3.73. The number of nitrogens with one attached hydrogen (secondary N) is 2. The average molecular weight is 667 g/mol. The first-order valence-electron chi connectivity index (χ1n) is 16.0. The fraction of sp³-hybridized carbons (Fsp3) is 0.471. The Morgan fingerprint density at radius 3 is 2.74 bits per heavy atom. The number of carbonyl (C=O) groups excluding carboxylic acids is 1. The van der Waals surface area contributed by atoms with E-state index < -0.39 is 6.10 Å². The molecule has 6 rings (SSSR count). The van der Waals surface area contributed by atoms with Gasteiger partial charge in [0.2, 0.25) is 5.91 Å². The number of ether oxygens (including phenoxy) is 2. The van der Waals surface area contributed by atoms with E-state index in [-0.39, 0.29) is 22.1 Å². The molecule has 4 N–H and O–H groups in total. The molecule has 12 heteroatoms. The van der Waals surface area contributed by atoms with E-state index in [1.807, 2.05) is 29.2 Å². The maximum absolute atomic E-state index is 12.9.